The minimum atomic E-state index is 0.439. The first-order valence-corrected chi connectivity index (χ1v) is 5.90. The van der Waals surface area contributed by atoms with Crippen LogP contribution >= 0.6 is 15.9 Å². The highest BCUT2D eigenvalue weighted by Crippen LogP contribution is 2.24. The standard InChI is InChI=1S/C10H16BrN3/c1-8(14-5-3-4-6-14)10-12-7-9(11)13(10)2/h7-8H,3-6H2,1-2H3/t8-/m1/s1. The second-order valence-electron chi connectivity index (χ2n) is 3.92. The summed E-state index contributed by atoms with van der Waals surface area (Å²) in [6, 6.07) is 0.439. The first-order valence-electron chi connectivity index (χ1n) is 5.11. The lowest BCUT2D eigenvalue weighted by Gasteiger charge is -2.23. The van der Waals surface area contributed by atoms with Crippen molar-refractivity contribution >= 4 is 15.9 Å². The zero-order valence-electron chi connectivity index (χ0n) is 8.70. The molecule has 1 aliphatic rings. The van der Waals surface area contributed by atoms with Crippen LogP contribution in [0.5, 0.6) is 0 Å². The highest BCUT2D eigenvalue weighted by atomic mass is 79.9. The molecular weight excluding hydrogens is 242 g/mol. The fourth-order valence-electron chi connectivity index (χ4n) is 2.08. The Hall–Kier alpha value is -0.350. The first-order chi connectivity index (χ1) is 6.70. The summed E-state index contributed by atoms with van der Waals surface area (Å²) in [5.74, 6) is 1.15. The number of imidazole rings is 1. The Kier molecular flexibility index (Phi) is 2.93. The first kappa shape index (κ1) is 10.2. The third-order valence-corrected chi connectivity index (χ3v) is 3.77. The molecule has 0 unspecified atom stereocenters. The number of halogens is 1. The SMILES string of the molecule is C[C@H](c1ncc(Br)n1C)N1CCCC1. The highest BCUT2D eigenvalue weighted by Gasteiger charge is 2.22. The quantitative estimate of drug-likeness (QED) is 0.811. The molecule has 1 aromatic rings. The van der Waals surface area contributed by atoms with E-state index in [4.69, 9.17) is 0 Å². The van der Waals surface area contributed by atoms with Crippen LogP contribution in [-0.2, 0) is 7.05 Å². The van der Waals surface area contributed by atoms with Gasteiger partial charge in [0.25, 0.3) is 0 Å². The third kappa shape index (κ3) is 1.73. The van der Waals surface area contributed by atoms with Crippen molar-refractivity contribution in [1.82, 2.24) is 14.5 Å². The van der Waals surface area contributed by atoms with Crippen LogP contribution in [0.25, 0.3) is 0 Å². The Morgan fingerprint density at radius 1 is 1.43 bits per heavy atom. The number of hydrogen-bond acceptors (Lipinski definition) is 2. The van der Waals surface area contributed by atoms with Crippen LogP contribution in [0.4, 0.5) is 0 Å². The van der Waals surface area contributed by atoms with E-state index in [1.165, 1.54) is 25.9 Å². The van der Waals surface area contributed by atoms with Gasteiger partial charge in [0.15, 0.2) is 0 Å². The van der Waals surface area contributed by atoms with Gasteiger partial charge < -0.3 is 4.57 Å². The van der Waals surface area contributed by atoms with Crippen LogP contribution in [0.2, 0.25) is 0 Å². The zero-order chi connectivity index (χ0) is 10.1. The molecule has 0 aromatic carbocycles. The van der Waals surface area contributed by atoms with Crippen molar-refractivity contribution in [2.45, 2.75) is 25.8 Å². The fraction of sp³-hybridized carbons (Fsp3) is 0.700. The van der Waals surface area contributed by atoms with Crippen molar-refractivity contribution in [3.63, 3.8) is 0 Å². The average Bonchev–Trinajstić information content (AvgIpc) is 2.77. The van der Waals surface area contributed by atoms with E-state index in [0.29, 0.717) is 6.04 Å². The second-order valence-corrected chi connectivity index (χ2v) is 4.73. The Balaban J connectivity index is 2.17. The predicted octanol–water partition coefficient (Wildman–Crippen LogP) is 2.34. The summed E-state index contributed by atoms with van der Waals surface area (Å²) < 4.78 is 3.17. The molecule has 0 N–H and O–H groups in total. The van der Waals surface area contributed by atoms with E-state index in [2.05, 4.69) is 44.4 Å². The van der Waals surface area contributed by atoms with Gasteiger partial charge in [0.1, 0.15) is 10.4 Å². The molecule has 1 saturated heterocycles. The fourth-order valence-corrected chi connectivity index (χ4v) is 2.37. The number of nitrogens with zero attached hydrogens (tertiary/aromatic N) is 3. The molecule has 0 radical (unpaired) electrons. The van der Waals surface area contributed by atoms with Gasteiger partial charge in [0, 0.05) is 7.05 Å². The van der Waals surface area contributed by atoms with Gasteiger partial charge in [0.05, 0.1) is 12.2 Å². The summed E-state index contributed by atoms with van der Waals surface area (Å²) in [5.41, 5.74) is 0. The number of rotatable bonds is 2. The lowest BCUT2D eigenvalue weighted by Crippen LogP contribution is -2.25. The van der Waals surface area contributed by atoms with Crippen LogP contribution in [0.3, 0.4) is 0 Å². The molecule has 2 rings (SSSR count). The number of aromatic nitrogens is 2. The molecule has 0 aliphatic carbocycles. The Labute approximate surface area is 93.2 Å². The summed E-state index contributed by atoms with van der Waals surface area (Å²) in [7, 11) is 2.05. The summed E-state index contributed by atoms with van der Waals surface area (Å²) in [6.07, 6.45) is 4.54. The smallest absolute Gasteiger partial charge is 0.126 e. The summed E-state index contributed by atoms with van der Waals surface area (Å²) in [5, 5.41) is 0. The Morgan fingerprint density at radius 2 is 2.07 bits per heavy atom. The van der Waals surface area contributed by atoms with E-state index in [1.807, 2.05) is 6.20 Å². The largest absolute Gasteiger partial charge is 0.325 e. The van der Waals surface area contributed by atoms with E-state index in [1.54, 1.807) is 0 Å². The molecule has 1 fully saturated rings. The lowest BCUT2D eigenvalue weighted by molar-refractivity contribution is 0.249. The monoisotopic (exact) mass is 257 g/mol. The molecule has 0 bridgehead atoms. The van der Waals surface area contributed by atoms with E-state index in [-0.39, 0.29) is 0 Å². The molecule has 1 aliphatic heterocycles. The molecule has 3 nitrogen and oxygen atoms in total. The minimum Gasteiger partial charge on any atom is -0.325 e. The highest BCUT2D eigenvalue weighted by molar-refractivity contribution is 9.10. The third-order valence-electron chi connectivity index (χ3n) is 3.03. The zero-order valence-corrected chi connectivity index (χ0v) is 10.3. The maximum atomic E-state index is 4.43. The predicted molar refractivity (Wildman–Crippen MR) is 60.1 cm³/mol. The van der Waals surface area contributed by atoms with Gasteiger partial charge in [-0.05, 0) is 48.8 Å². The van der Waals surface area contributed by atoms with Crippen molar-refractivity contribution in [1.29, 1.82) is 0 Å². The van der Waals surface area contributed by atoms with Crippen molar-refractivity contribution in [2.24, 2.45) is 7.05 Å². The molecule has 1 atom stereocenters. The van der Waals surface area contributed by atoms with Gasteiger partial charge in [-0.15, -0.1) is 0 Å². The normalized spacial score (nSPS) is 20.2. The van der Waals surface area contributed by atoms with Crippen LogP contribution in [0.1, 0.15) is 31.6 Å². The van der Waals surface area contributed by atoms with E-state index in [9.17, 15) is 0 Å². The van der Waals surface area contributed by atoms with Crippen molar-refractivity contribution in [2.75, 3.05) is 13.1 Å². The molecule has 0 spiro atoms. The van der Waals surface area contributed by atoms with Gasteiger partial charge in [-0.25, -0.2) is 4.98 Å². The summed E-state index contributed by atoms with van der Waals surface area (Å²) in [6.45, 7) is 4.66. The molecule has 0 amide bonds. The Morgan fingerprint density at radius 3 is 2.57 bits per heavy atom. The molecule has 0 saturated carbocycles. The van der Waals surface area contributed by atoms with Crippen molar-refractivity contribution in [3.8, 4) is 0 Å². The van der Waals surface area contributed by atoms with Gasteiger partial charge in [-0.1, -0.05) is 0 Å². The van der Waals surface area contributed by atoms with E-state index < -0.39 is 0 Å². The van der Waals surface area contributed by atoms with Crippen molar-refractivity contribution < 1.29 is 0 Å². The minimum absolute atomic E-state index is 0.439. The summed E-state index contributed by atoms with van der Waals surface area (Å²) >= 11 is 3.47. The maximum absolute atomic E-state index is 4.43. The molecule has 2 heterocycles. The number of likely N-dealkylation sites (tertiary alicyclic amines) is 1. The van der Waals surface area contributed by atoms with Crippen molar-refractivity contribution in [3.05, 3.63) is 16.6 Å². The Bertz CT molecular complexity index is 315. The van der Waals surface area contributed by atoms with Crippen LogP contribution in [-0.4, -0.2) is 27.5 Å². The average molecular weight is 258 g/mol. The lowest BCUT2D eigenvalue weighted by atomic mass is 10.3. The molecule has 4 heteroatoms. The second kappa shape index (κ2) is 4.03. The molecule has 78 valence electrons. The van der Waals surface area contributed by atoms with Crippen LogP contribution in [0, 0.1) is 0 Å². The number of hydrogen-bond donors (Lipinski definition) is 0. The van der Waals surface area contributed by atoms with Gasteiger partial charge >= 0.3 is 0 Å². The van der Waals surface area contributed by atoms with Crippen LogP contribution < -0.4 is 0 Å². The summed E-state index contributed by atoms with van der Waals surface area (Å²) in [4.78, 5) is 6.93. The molecule has 14 heavy (non-hydrogen) atoms. The maximum Gasteiger partial charge on any atom is 0.126 e. The van der Waals surface area contributed by atoms with E-state index >= 15 is 0 Å². The van der Waals surface area contributed by atoms with Gasteiger partial charge in [-0.2, -0.15) is 0 Å². The van der Waals surface area contributed by atoms with Gasteiger partial charge in [0.2, 0.25) is 0 Å². The molecule has 1 aromatic heterocycles. The molecular formula is C10H16BrN3. The van der Waals surface area contributed by atoms with E-state index in [0.717, 1.165) is 10.4 Å². The topological polar surface area (TPSA) is 21.1 Å². The van der Waals surface area contributed by atoms with Crippen LogP contribution in [0.15, 0.2) is 10.8 Å². The van der Waals surface area contributed by atoms with Gasteiger partial charge in [-0.3, -0.25) is 4.90 Å².